The fourth-order valence-electron chi connectivity index (χ4n) is 18.3. The lowest BCUT2D eigenvalue weighted by Gasteiger charge is -2.39. The number of nitrogens with one attached hydrogen (secondary N) is 1. The first-order valence-corrected chi connectivity index (χ1v) is 46.0. The summed E-state index contributed by atoms with van der Waals surface area (Å²) in [6, 6.07) is 84.6. The van der Waals surface area contributed by atoms with Crippen molar-refractivity contribution < 1.29 is 40.1 Å². The normalized spacial score (nSPS) is 15.4. The maximum absolute atomic E-state index is 11.1. The number of benzene rings is 8. The van der Waals surface area contributed by atoms with Crippen molar-refractivity contribution in [1.29, 1.82) is 0 Å². The number of aliphatic hydroxyl groups is 1. The van der Waals surface area contributed by atoms with Crippen LogP contribution in [0, 0.1) is 19.3 Å². The Hall–Kier alpha value is -14.3. The highest BCUT2D eigenvalue weighted by Crippen LogP contribution is 2.45. The Labute approximate surface area is 812 Å². The molecule has 7 N–H and O–H groups in total. The molecule has 4 saturated heterocycles. The zero-order chi connectivity index (χ0) is 92.8. The number of aromatic nitrogens is 9. The number of hydrogen-bond acceptors (Lipinski definition) is 24. The van der Waals surface area contributed by atoms with Crippen LogP contribution < -0.4 is 5.32 Å². The van der Waals surface area contributed by atoms with Crippen LogP contribution in [0.3, 0.4) is 0 Å². The van der Waals surface area contributed by atoms with Gasteiger partial charge in [-0.05, 0) is 126 Å². The zero-order valence-corrected chi connectivity index (χ0v) is 75.8. The molecule has 0 bridgehead atoms. The lowest BCUT2D eigenvalue weighted by molar-refractivity contribution is 0.0235. The van der Waals surface area contributed by atoms with Gasteiger partial charge in [-0.2, -0.15) is 0 Å². The van der Waals surface area contributed by atoms with Gasteiger partial charge in [0.05, 0.1) is 79.7 Å². The van der Waals surface area contributed by atoms with Crippen molar-refractivity contribution >= 4 is 71.9 Å². The van der Waals surface area contributed by atoms with Crippen LogP contribution >= 0.6 is 11.6 Å². The molecule has 4 fully saturated rings. The highest BCUT2D eigenvalue weighted by Gasteiger charge is 2.35. The number of nitrogens with zero attached hydrogens (tertiary/aromatic N) is 15. The SMILES string of the molecule is C.C.C.C#Cc1ccc(C(c2ccc3cccnc3c2O)N2CCOCC2)cc1.Cc1ccc(C(c2ccc3cccnc3c2O)N2CCOCC2)cc1.OCCN1CCN(C(c2ccccn2)c2ccc3cccnc3c2O)CC1.Oc1c(C(Nc2ccccn2)c2cccnc2)cc(Cl)c2cccnc12.Oc1c(C(c2ccccn2)N2CCN(Cc3ccccc3)CC2)ccc2cccnc12. The summed E-state index contributed by atoms with van der Waals surface area (Å²) in [5, 5.41) is 72.4. The molecule has 8 aromatic carbocycles. The quantitative estimate of drug-likeness (QED) is 0.0349. The minimum atomic E-state index is -0.387. The lowest BCUT2D eigenvalue weighted by atomic mass is 9.94. The number of terminal acetylenes is 1. The number of rotatable bonds is 20. The van der Waals surface area contributed by atoms with Gasteiger partial charge in [0.25, 0.3) is 0 Å². The van der Waals surface area contributed by atoms with Gasteiger partial charge in [0, 0.05) is 214 Å². The summed E-state index contributed by atoms with van der Waals surface area (Å²) in [6.45, 7) is 17.3. The maximum atomic E-state index is 11.1. The van der Waals surface area contributed by atoms with Crippen molar-refractivity contribution in [1.82, 2.24) is 74.3 Å². The van der Waals surface area contributed by atoms with Crippen molar-refractivity contribution in [3.63, 3.8) is 0 Å². The number of anilines is 1. The van der Waals surface area contributed by atoms with Gasteiger partial charge in [0.15, 0.2) is 0 Å². The number of β-amino-alcohol motifs (C(OH)–C–C–N with tert-alkyl or cyclic N) is 1. The van der Waals surface area contributed by atoms with Crippen LogP contribution in [0.2, 0.25) is 5.02 Å². The first-order valence-electron chi connectivity index (χ1n) is 45.6. The molecule has 13 heterocycles. The number of phenols is 5. The number of fused-ring (bicyclic) bond motifs is 5. The molecule has 21 rings (SSSR count). The summed E-state index contributed by atoms with van der Waals surface area (Å²) in [5.74, 6) is 4.40. The Morgan fingerprint density at radius 1 is 0.370 bits per heavy atom. The van der Waals surface area contributed by atoms with E-state index in [1.54, 1.807) is 67.9 Å². The third-order valence-electron chi connectivity index (χ3n) is 25.2. The van der Waals surface area contributed by atoms with Crippen molar-refractivity contribution in [2.75, 3.05) is 123 Å². The van der Waals surface area contributed by atoms with Gasteiger partial charge in [0.1, 0.15) is 62.1 Å². The van der Waals surface area contributed by atoms with E-state index in [4.69, 9.17) is 27.5 Å². The third kappa shape index (κ3) is 23.7. The van der Waals surface area contributed by atoms with Gasteiger partial charge in [-0.15, -0.1) is 6.42 Å². The van der Waals surface area contributed by atoms with Crippen molar-refractivity contribution in [3.05, 3.63) is 400 Å². The Bertz CT molecular complexity index is 6810. The smallest absolute Gasteiger partial charge is 0.147 e. The molecule has 0 spiro atoms. The van der Waals surface area contributed by atoms with E-state index in [2.05, 4.69) is 147 Å². The van der Waals surface area contributed by atoms with Crippen LogP contribution in [0.15, 0.2) is 323 Å². The molecule has 24 nitrogen and oxygen atoms in total. The maximum Gasteiger partial charge on any atom is 0.147 e. The largest absolute Gasteiger partial charge is 0.505 e. The molecule has 17 aromatic rings. The lowest BCUT2D eigenvalue weighted by Crippen LogP contribution is -2.48. The van der Waals surface area contributed by atoms with E-state index in [0.717, 1.165) is 170 Å². The van der Waals surface area contributed by atoms with Gasteiger partial charge in [-0.25, -0.2) is 4.98 Å². The molecule has 0 saturated carbocycles. The van der Waals surface area contributed by atoms with Crippen LogP contribution in [0.25, 0.3) is 54.5 Å². The molecule has 0 aliphatic carbocycles. The summed E-state index contributed by atoms with van der Waals surface area (Å²) in [6.07, 6.45) is 22.8. The number of aliphatic hydroxyl groups excluding tert-OH is 1. The van der Waals surface area contributed by atoms with Gasteiger partial charge < -0.3 is 45.4 Å². The van der Waals surface area contributed by atoms with Crippen LogP contribution in [-0.2, 0) is 16.0 Å². The van der Waals surface area contributed by atoms with Gasteiger partial charge in [0.2, 0.25) is 0 Å². The second-order valence-electron chi connectivity index (χ2n) is 33.6. The Kier molecular flexibility index (Phi) is 35.0. The average molecular weight is 1860 g/mol. The number of aryl methyl sites for hydroxylation is 1. The van der Waals surface area contributed by atoms with E-state index in [-0.39, 0.29) is 87.8 Å². The van der Waals surface area contributed by atoms with E-state index in [1.165, 1.54) is 16.7 Å². The number of aromatic hydroxyl groups is 5. The van der Waals surface area contributed by atoms with Crippen molar-refractivity contribution in [2.24, 2.45) is 0 Å². The predicted molar refractivity (Wildman–Crippen MR) is 551 cm³/mol. The Balaban J connectivity index is 0.000000137. The van der Waals surface area contributed by atoms with Crippen LogP contribution in [0.1, 0.15) is 125 Å². The number of halogens is 1. The van der Waals surface area contributed by atoms with E-state index >= 15 is 0 Å². The van der Waals surface area contributed by atoms with Crippen molar-refractivity contribution in [2.45, 2.75) is 66.0 Å². The summed E-state index contributed by atoms with van der Waals surface area (Å²) >= 11 is 6.46. The van der Waals surface area contributed by atoms with Crippen LogP contribution in [0.5, 0.6) is 28.7 Å². The standard InChI is InChI=1S/C26H26N4O.C22H20N2O2.C21H24N4O2.C21H22N2O2.C20H15ClN4O.3CH4/c31-26-22(12-11-21-9-6-14-28-24(21)26)25(23-10-4-5-13-27-23)30-17-15-29(16-18-30)19-20-7-2-1-3-8-20;1-2-16-5-7-18(8-6-16)21(24-12-14-26-15-13-24)19-10-9-17-4-3-11-23-20(17)22(19)25;26-15-14-24-10-12-25(13-11-24)20(18-5-1-2-8-22-18)17-7-6-16-4-3-9-23-19(16)21(17)27;1-15-4-6-17(7-5-15)20(23-11-13-25-14-12-23)18-9-8-16-3-2-10-22-19(16)21(18)24;21-16-11-15(20(26)19-14(16)6-4-10-24-19)18(13-5-3-8-22-12-13)25-17-7-1-2-9-23-17;;;/h1-14,25,31H,15-19H2;1,3-11,21,25H,12-15H2;1-9,20,26-27H,10-15H2;2-10,20,24H,11-14H2,1H3;1-12,18,26H,(H,23,25);3*1H4. The minimum Gasteiger partial charge on any atom is -0.505 e. The second-order valence-corrected chi connectivity index (χ2v) is 34.0. The Morgan fingerprint density at radius 2 is 0.761 bits per heavy atom. The van der Waals surface area contributed by atoms with Crippen molar-refractivity contribution in [3.8, 4) is 41.1 Å². The molecule has 9 aromatic heterocycles. The monoisotopic (exact) mass is 1860 g/mol. The zero-order valence-electron chi connectivity index (χ0n) is 75.1. The number of morpholine rings is 2. The summed E-state index contributed by atoms with van der Waals surface area (Å²) in [7, 11) is 0. The first-order chi connectivity index (χ1) is 66.3. The molecule has 4 aliphatic heterocycles. The topological polar surface area (TPSA) is 287 Å². The molecular weight excluding hydrogens is 1740 g/mol. The van der Waals surface area contributed by atoms with E-state index in [1.807, 2.05) is 200 Å². The molecule has 706 valence electrons. The fraction of sp³-hybridized carbons (Fsp3) is 0.248. The van der Waals surface area contributed by atoms with E-state index in [0.29, 0.717) is 69.1 Å². The summed E-state index contributed by atoms with van der Waals surface area (Å²) in [5.41, 5.74) is 15.5. The molecule has 0 amide bonds. The molecule has 4 aliphatic rings. The van der Waals surface area contributed by atoms with Gasteiger partial charge >= 0.3 is 0 Å². The number of hydrogen-bond donors (Lipinski definition) is 7. The molecule has 25 heteroatoms. The number of phenolic OH excluding ortho intramolecular Hbond substituents is 5. The third-order valence-corrected chi connectivity index (χ3v) is 25.5. The van der Waals surface area contributed by atoms with Gasteiger partial charge in [-0.1, -0.05) is 209 Å². The highest BCUT2D eigenvalue weighted by atomic mass is 35.5. The predicted octanol–water partition coefficient (Wildman–Crippen LogP) is 19.8. The molecular formula is C113H119ClN16O8. The Morgan fingerprint density at radius 3 is 1.18 bits per heavy atom. The summed E-state index contributed by atoms with van der Waals surface area (Å²) < 4.78 is 11.0. The number of pyridine rings is 9. The second kappa shape index (κ2) is 48.4. The summed E-state index contributed by atoms with van der Waals surface area (Å²) in [4.78, 5) is 53.8. The van der Waals surface area contributed by atoms with E-state index < -0.39 is 0 Å². The fourth-order valence-corrected chi connectivity index (χ4v) is 18.6. The molecule has 0 radical (unpaired) electrons. The molecule has 5 unspecified atom stereocenters. The van der Waals surface area contributed by atoms with E-state index in [9.17, 15) is 30.6 Å². The molecule has 138 heavy (non-hydrogen) atoms. The molecule has 5 atom stereocenters. The van der Waals surface area contributed by atoms with Gasteiger partial charge in [-0.3, -0.25) is 69.3 Å². The van der Waals surface area contributed by atoms with Crippen LogP contribution in [-0.4, -0.2) is 223 Å². The first kappa shape index (κ1) is 99.7. The average Bonchev–Trinajstić information content (AvgIpc) is 0.746. The number of piperazine rings is 2. The van der Waals surface area contributed by atoms with Crippen LogP contribution in [0.4, 0.5) is 5.82 Å². The number of ether oxygens (including phenoxy) is 2. The highest BCUT2D eigenvalue weighted by molar-refractivity contribution is 6.35. The minimum absolute atomic E-state index is 0.